The van der Waals surface area contributed by atoms with Gasteiger partial charge in [0.1, 0.15) is 5.82 Å². The highest BCUT2D eigenvalue weighted by Gasteiger charge is 2.45. The average molecular weight is 331 g/mol. The Labute approximate surface area is 139 Å². The minimum absolute atomic E-state index is 0.0731. The molecule has 1 aliphatic heterocycles. The van der Waals surface area contributed by atoms with Crippen molar-refractivity contribution in [1.82, 2.24) is 24.6 Å². The van der Waals surface area contributed by atoms with E-state index in [1.54, 1.807) is 16.8 Å². The van der Waals surface area contributed by atoms with Gasteiger partial charge in [-0.1, -0.05) is 0 Å². The first-order valence-corrected chi connectivity index (χ1v) is 8.66. The van der Waals surface area contributed by atoms with Crippen LogP contribution in [0.2, 0.25) is 0 Å². The fourth-order valence-corrected chi connectivity index (χ4v) is 4.04. The normalized spacial score (nSPS) is 24.6. The molecule has 2 unspecified atom stereocenters. The SMILES string of the molecule is CCn1c(C2C(C3CC3)CCN2Cc2ccncc2F)n[nH]c1=O. The second kappa shape index (κ2) is 6.12. The zero-order valence-corrected chi connectivity index (χ0v) is 13.8. The predicted molar refractivity (Wildman–Crippen MR) is 86.7 cm³/mol. The summed E-state index contributed by atoms with van der Waals surface area (Å²) in [6.07, 6.45) is 6.46. The van der Waals surface area contributed by atoms with E-state index in [0.717, 1.165) is 18.8 Å². The van der Waals surface area contributed by atoms with E-state index in [0.29, 0.717) is 30.5 Å². The number of aromatic nitrogens is 4. The topological polar surface area (TPSA) is 66.8 Å². The molecule has 2 aromatic rings. The standard InChI is InChI=1S/C17H22FN5O/c1-2-23-16(20-21-17(23)24)15-13(11-3-4-11)6-8-22(15)10-12-5-7-19-9-14(12)18/h5,7,9,11,13,15H,2-4,6,8,10H2,1H3,(H,21,24). The number of hydrogen-bond donors (Lipinski definition) is 1. The number of likely N-dealkylation sites (tertiary alicyclic amines) is 1. The Kier molecular flexibility index (Phi) is 3.96. The lowest BCUT2D eigenvalue weighted by Gasteiger charge is -2.27. The van der Waals surface area contributed by atoms with Crippen LogP contribution in [-0.4, -0.2) is 31.2 Å². The molecule has 2 atom stereocenters. The van der Waals surface area contributed by atoms with Crippen molar-refractivity contribution >= 4 is 0 Å². The van der Waals surface area contributed by atoms with Crippen molar-refractivity contribution < 1.29 is 4.39 Å². The molecule has 6 nitrogen and oxygen atoms in total. The van der Waals surface area contributed by atoms with E-state index >= 15 is 0 Å². The highest BCUT2D eigenvalue weighted by molar-refractivity contribution is 5.15. The average Bonchev–Trinajstić information content (AvgIpc) is 3.24. The van der Waals surface area contributed by atoms with E-state index in [4.69, 9.17) is 0 Å². The van der Waals surface area contributed by atoms with Gasteiger partial charge in [0.15, 0.2) is 5.82 Å². The number of rotatable bonds is 5. The van der Waals surface area contributed by atoms with Gasteiger partial charge in [-0.2, -0.15) is 5.10 Å². The molecule has 1 aliphatic carbocycles. The zero-order chi connectivity index (χ0) is 16.7. The number of nitrogens with zero attached hydrogens (tertiary/aromatic N) is 4. The van der Waals surface area contributed by atoms with Gasteiger partial charge >= 0.3 is 5.69 Å². The van der Waals surface area contributed by atoms with Crippen LogP contribution in [0.15, 0.2) is 23.3 Å². The highest BCUT2D eigenvalue weighted by Crippen LogP contribution is 2.50. The Morgan fingerprint density at radius 1 is 1.38 bits per heavy atom. The molecule has 128 valence electrons. The molecule has 4 rings (SSSR count). The summed E-state index contributed by atoms with van der Waals surface area (Å²) in [5, 5.41) is 6.91. The molecule has 0 spiro atoms. The van der Waals surface area contributed by atoms with Crippen LogP contribution < -0.4 is 5.69 Å². The zero-order valence-electron chi connectivity index (χ0n) is 13.8. The summed E-state index contributed by atoms with van der Waals surface area (Å²) in [6.45, 7) is 3.97. The maximum Gasteiger partial charge on any atom is 0.343 e. The Bertz CT molecular complexity index is 781. The number of pyridine rings is 1. The van der Waals surface area contributed by atoms with Gasteiger partial charge in [0, 0.05) is 24.8 Å². The van der Waals surface area contributed by atoms with Crippen LogP contribution in [0.3, 0.4) is 0 Å². The quantitative estimate of drug-likeness (QED) is 0.911. The largest absolute Gasteiger partial charge is 0.343 e. The van der Waals surface area contributed by atoms with Crippen molar-refractivity contribution in [1.29, 1.82) is 0 Å². The first-order chi connectivity index (χ1) is 11.7. The summed E-state index contributed by atoms with van der Waals surface area (Å²) in [5.41, 5.74) is 0.483. The van der Waals surface area contributed by atoms with Crippen molar-refractivity contribution in [3.8, 4) is 0 Å². The molecule has 2 aromatic heterocycles. The summed E-state index contributed by atoms with van der Waals surface area (Å²) in [7, 11) is 0. The van der Waals surface area contributed by atoms with Gasteiger partial charge < -0.3 is 0 Å². The smallest absolute Gasteiger partial charge is 0.289 e. The molecule has 7 heteroatoms. The van der Waals surface area contributed by atoms with Gasteiger partial charge in [-0.25, -0.2) is 14.3 Å². The number of nitrogens with one attached hydrogen (secondary N) is 1. The molecule has 1 N–H and O–H groups in total. The molecule has 24 heavy (non-hydrogen) atoms. The van der Waals surface area contributed by atoms with Crippen LogP contribution >= 0.6 is 0 Å². The number of H-pyrrole nitrogens is 1. The van der Waals surface area contributed by atoms with Crippen LogP contribution in [0.4, 0.5) is 4.39 Å². The number of aromatic amines is 1. The lowest BCUT2D eigenvalue weighted by Crippen LogP contribution is -2.30. The van der Waals surface area contributed by atoms with Gasteiger partial charge in [0.05, 0.1) is 12.2 Å². The molecule has 0 radical (unpaired) electrons. The monoisotopic (exact) mass is 331 g/mol. The Balaban J connectivity index is 1.68. The van der Waals surface area contributed by atoms with Crippen LogP contribution in [0, 0.1) is 17.7 Å². The number of halogens is 1. The van der Waals surface area contributed by atoms with Crippen molar-refractivity contribution in [2.24, 2.45) is 11.8 Å². The van der Waals surface area contributed by atoms with E-state index in [2.05, 4.69) is 20.1 Å². The predicted octanol–water partition coefficient (Wildman–Crippen LogP) is 2.10. The first kappa shape index (κ1) is 15.5. The molecule has 3 heterocycles. The van der Waals surface area contributed by atoms with Gasteiger partial charge in [0.2, 0.25) is 0 Å². The molecule has 1 saturated heterocycles. The van der Waals surface area contributed by atoms with Gasteiger partial charge in [-0.3, -0.25) is 14.5 Å². The Hall–Kier alpha value is -2.02. The first-order valence-electron chi connectivity index (χ1n) is 8.66. The van der Waals surface area contributed by atoms with E-state index < -0.39 is 0 Å². The minimum Gasteiger partial charge on any atom is -0.289 e. The fourth-order valence-electron chi connectivity index (χ4n) is 4.04. The van der Waals surface area contributed by atoms with E-state index in [-0.39, 0.29) is 17.5 Å². The minimum atomic E-state index is -0.277. The highest BCUT2D eigenvalue weighted by atomic mass is 19.1. The molecule has 2 fully saturated rings. The van der Waals surface area contributed by atoms with Crippen molar-refractivity contribution in [3.05, 3.63) is 46.1 Å². The molecule has 0 aromatic carbocycles. The van der Waals surface area contributed by atoms with Crippen LogP contribution in [0.1, 0.15) is 43.6 Å². The summed E-state index contributed by atoms with van der Waals surface area (Å²) in [5.74, 6) is 1.72. The number of hydrogen-bond acceptors (Lipinski definition) is 4. The van der Waals surface area contributed by atoms with Gasteiger partial charge in [-0.05, 0) is 50.6 Å². The molecule has 0 amide bonds. The van der Waals surface area contributed by atoms with Crippen molar-refractivity contribution in [2.45, 2.75) is 45.3 Å². The lowest BCUT2D eigenvalue weighted by molar-refractivity contribution is 0.193. The molecule has 0 bridgehead atoms. The molecule has 2 aliphatic rings. The summed E-state index contributed by atoms with van der Waals surface area (Å²) < 4.78 is 15.7. The van der Waals surface area contributed by atoms with Crippen molar-refractivity contribution in [2.75, 3.05) is 6.54 Å². The van der Waals surface area contributed by atoms with Gasteiger partial charge in [-0.15, -0.1) is 0 Å². The maximum absolute atomic E-state index is 14.0. The van der Waals surface area contributed by atoms with Crippen LogP contribution in [-0.2, 0) is 13.1 Å². The van der Waals surface area contributed by atoms with Crippen LogP contribution in [0.5, 0.6) is 0 Å². The van der Waals surface area contributed by atoms with E-state index in [9.17, 15) is 9.18 Å². The summed E-state index contributed by atoms with van der Waals surface area (Å²) in [6, 6.07) is 1.80. The Morgan fingerprint density at radius 2 is 2.21 bits per heavy atom. The third-order valence-corrected chi connectivity index (χ3v) is 5.37. The van der Waals surface area contributed by atoms with E-state index in [1.807, 2.05) is 6.92 Å². The Morgan fingerprint density at radius 3 is 2.92 bits per heavy atom. The van der Waals surface area contributed by atoms with Crippen LogP contribution in [0.25, 0.3) is 0 Å². The summed E-state index contributed by atoms with van der Waals surface area (Å²) in [4.78, 5) is 18.1. The van der Waals surface area contributed by atoms with E-state index in [1.165, 1.54) is 19.0 Å². The fraction of sp³-hybridized carbons (Fsp3) is 0.588. The third kappa shape index (κ3) is 2.66. The molecular formula is C17H22FN5O. The summed E-state index contributed by atoms with van der Waals surface area (Å²) >= 11 is 0. The second-order valence-corrected chi connectivity index (χ2v) is 6.80. The molecular weight excluding hydrogens is 309 g/mol. The third-order valence-electron chi connectivity index (χ3n) is 5.37. The lowest BCUT2D eigenvalue weighted by atomic mass is 9.94. The van der Waals surface area contributed by atoms with Gasteiger partial charge in [0.25, 0.3) is 0 Å². The maximum atomic E-state index is 14.0. The second-order valence-electron chi connectivity index (χ2n) is 6.80. The molecule has 1 saturated carbocycles. The van der Waals surface area contributed by atoms with Crippen molar-refractivity contribution in [3.63, 3.8) is 0 Å².